The first-order valence-electron chi connectivity index (χ1n) is 9.01. The fraction of sp³-hybridized carbons (Fsp3) is 0.409. The van der Waals surface area contributed by atoms with Crippen molar-refractivity contribution in [1.29, 1.82) is 0 Å². The van der Waals surface area contributed by atoms with E-state index in [1.165, 1.54) is 5.56 Å². The van der Waals surface area contributed by atoms with Crippen LogP contribution in [0.4, 0.5) is 0 Å². The highest BCUT2D eigenvalue weighted by Gasteiger charge is 2.37. The molecule has 0 saturated heterocycles. The van der Waals surface area contributed by atoms with Crippen molar-refractivity contribution < 1.29 is 9.16 Å². The lowest BCUT2D eigenvalue weighted by Crippen LogP contribution is -2.40. The van der Waals surface area contributed by atoms with Crippen LogP contribution >= 0.6 is 0 Å². The van der Waals surface area contributed by atoms with Crippen LogP contribution in [0.3, 0.4) is 0 Å². The summed E-state index contributed by atoms with van der Waals surface area (Å²) in [6.07, 6.45) is 1.15. The van der Waals surface area contributed by atoms with Gasteiger partial charge in [-0.2, -0.15) is 6.21 Å². The molecule has 0 spiro atoms. The van der Waals surface area contributed by atoms with Crippen LogP contribution in [0.5, 0.6) is 0 Å². The molecule has 0 radical (unpaired) electrons. The van der Waals surface area contributed by atoms with Gasteiger partial charge in [0.05, 0.1) is 13.2 Å². The van der Waals surface area contributed by atoms with Crippen molar-refractivity contribution in [3.63, 3.8) is 0 Å². The van der Waals surface area contributed by atoms with Gasteiger partial charge in [-0.3, -0.25) is 0 Å². The minimum atomic E-state index is -1.81. The van der Waals surface area contributed by atoms with Crippen LogP contribution in [0, 0.1) is 0 Å². The van der Waals surface area contributed by atoms with Gasteiger partial charge in [-0.25, -0.2) is 0 Å². The first-order valence-corrected chi connectivity index (χ1v) is 11.9. The monoisotopic (exact) mass is 368 g/mol. The van der Waals surface area contributed by atoms with E-state index in [9.17, 15) is 5.41 Å². The molecule has 2 aromatic rings. The molecule has 0 bridgehead atoms. The third-order valence-electron chi connectivity index (χ3n) is 5.31. The van der Waals surface area contributed by atoms with Gasteiger partial charge in [0, 0.05) is 7.11 Å². The van der Waals surface area contributed by atoms with Crippen molar-refractivity contribution >= 4 is 14.5 Å². The summed E-state index contributed by atoms with van der Waals surface area (Å²) in [6, 6.07) is 14.4. The molecule has 0 saturated carbocycles. The molecule has 26 heavy (non-hydrogen) atoms. The van der Waals surface area contributed by atoms with Gasteiger partial charge >= 0.3 is 0 Å². The molecule has 3 nitrogen and oxygen atoms in total. The summed E-state index contributed by atoms with van der Waals surface area (Å²) >= 11 is 0. The second-order valence-corrected chi connectivity index (χ2v) is 13.0. The van der Waals surface area contributed by atoms with Gasteiger partial charge in [0.1, 0.15) is 0 Å². The summed E-state index contributed by atoms with van der Waals surface area (Å²) < 4.78 is 11.6. The lowest BCUT2D eigenvalue weighted by atomic mass is 9.96. The number of hydrogen-bond acceptors (Lipinski definition) is 2. The summed E-state index contributed by atoms with van der Waals surface area (Å²) in [4.78, 5) is 0. The van der Waals surface area contributed by atoms with E-state index < -0.39 is 8.32 Å². The van der Waals surface area contributed by atoms with E-state index in [2.05, 4.69) is 52.1 Å². The van der Waals surface area contributed by atoms with Crippen LogP contribution in [0.1, 0.15) is 37.5 Å². The predicted octanol–water partition coefficient (Wildman–Crippen LogP) is 6.01. The van der Waals surface area contributed by atoms with Gasteiger partial charge in [0.25, 0.3) is 0 Å². The Balaban J connectivity index is 2.33. The predicted molar refractivity (Wildman–Crippen MR) is 113 cm³/mol. The Morgan fingerprint density at radius 2 is 1.69 bits per heavy atom. The smallest absolute Gasteiger partial charge is 0.192 e. The molecular weight excluding hydrogens is 338 g/mol. The molecule has 0 amide bonds. The van der Waals surface area contributed by atoms with Crippen molar-refractivity contribution in [3.8, 4) is 11.1 Å². The van der Waals surface area contributed by atoms with Crippen molar-refractivity contribution in [3.05, 3.63) is 64.6 Å². The Hall–Kier alpha value is -1.75. The van der Waals surface area contributed by atoms with Crippen molar-refractivity contribution in [2.75, 3.05) is 7.11 Å². The quantitative estimate of drug-likeness (QED) is 0.443. The normalized spacial score (nSPS) is 12.2. The van der Waals surface area contributed by atoms with E-state index in [1.807, 2.05) is 24.3 Å². The van der Waals surface area contributed by atoms with Gasteiger partial charge in [-0.15, -0.1) is 0 Å². The van der Waals surface area contributed by atoms with E-state index in [-0.39, 0.29) is 5.04 Å². The topological polar surface area (TPSA) is 40.8 Å². The fourth-order valence-corrected chi connectivity index (χ4v) is 3.52. The molecule has 0 aliphatic rings. The zero-order chi connectivity index (χ0) is 19.4. The number of ether oxygens (including phenoxy) is 1. The average Bonchev–Trinajstić information content (AvgIpc) is 2.60. The van der Waals surface area contributed by atoms with Crippen LogP contribution in [-0.4, -0.2) is 21.6 Å². The number of nitrogens with zero attached hydrogens (tertiary/aromatic N) is 1. The van der Waals surface area contributed by atoms with E-state index in [0.717, 1.165) is 28.5 Å². The molecule has 4 heteroatoms. The summed E-state index contributed by atoms with van der Waals surface area (Å²) in [5.41, 5.74) is 5.12. The highest BCUT2D eigenvalue weighted by molar-refractivity contribution is 6.74. The van der Waals surface area contributed by atoms with Crippen LogP contribution in [0.15, 0.2) is 42.5 Å². The first-order chi connectivity index (χ1) is 12.2. The molecule has 0 atom stereocenters. The summed E-state index contributed by atoms with van der Waals surface area (Å²) in [6.45, 7) is 12.4. The second kappa shape index (κ2) is 8.29. The SMILES string of the molecule is COCc1ccc(-c2ccccc2CO[Si](C)(C)C(C)(C)C)cc1C=[N-]. The molecule has 2 rings (SSSR count). The van der Waals surface area contributed by atoms with Crippen molar-refractivity contribution in [1.82, 2.24) is 0 Å². The van der Waals surface area contributed by atoms with Gasteiger partial charge in [-0.05, 0) is 52.0 Å². The average molecular weight is 369 g/mol. The molecule has 2 aromatic carbocycles. The Labute approximate surface area is 159 Å². The maximum atomic E-state index is 9.59. The zero-order valence-electron chi connectivity index (χ0n) is 16.8. The van der Waals surface area contributed by atoms with Crippen LogP contribution in [0.2, 0.25) is 18.1 Å². The van der Waals surface area contributed by atoms with Crippen molar-refractivity contribution in [2.45, 2.75) is 52.1 Å². The second-order valence-electron chi connectivity index (χ2n) is 8.18. The van der Waals surface area contributed by atoms with E-state index in [1.54, 1.807) is 7.11 Å². The summed E-state index contributed by atoms with van der Waals surface area (Å²) in [7, 11) is -0.156. The fourth-order valence-electron chi connectivity index (χ4n) is 2.57. The number of rotatable bonds is 7. The third-order valence-corrected chi connectivity index (χ3v) is 9.79. The molecule has 0 unspecified atom stereocenters. The molecule has 0 aliphatic heterocycles. The number of benzene rings is 2. The molecular formula is C22H30NO2Si-. The lowest BCUT2D eigenvalue weighted by molar-refractivity contribution is 0.185. The minimum absolute atomic E-state index is 0.183. The van der Waals surface area contributed by atoms with E-state index in [4.69, 9.17) is 9.16 Å². The van der Waals surface area contributed by atoms with Crippen LogP contribution in [0.25, 0.3) is 16.5 Å². The maximum absolute atomic E-state index is 9.59. The first kappa shape index (κ1) is 20.6. The van der Waals surface area contributed by atoms with E-state index in [0.29, 0.717) is 13.2 Å². The summed E-state index contributed by atoms with van der Waals surface area (Å²) in [5, 5.41) is 9.77. The van der Waals surface area contributed by atoms with Gasteiger partial charge in [0.2, 0.25) is 0 Å². The van der Waals surface area contributed by atoms with Gasteiger partial charge in [0.15, 0.2) is 8.32 Å². The van der Waals surface area contributed by atoms with E-state index >= 15 is 0 Å². The maximum Gasteiger partial charge on any atom is 0.192 e. The Kier molecular flexibility index (Phi) is 6.56. The zero-order valence-corrected chi connectivity index (χ0v) is 17.8. The van der Waals surface area contributed by atoms with Crippen LogP contribution in [-0.2, 0) is 22.4 Å². The van der Waals surface area contributed by atoms with Crippen LogP contribution < -0.4 is 0 Å². The summed E-state index contributed by atoms with van der Waals surface area (Å²) in [5.74, 6) is 0. The highest BCUT2D eigenvalue weighted by atomic mass is 28.4. The minimum Gasteiger partial charge on any atom is -0.810 e. The Morgan fingerprint density at radius 3 is 2.31 bits per heavy atom. The molecule has 0 aromatic heterocycles. The molecule has 0 fully saturated rings. The standard InChI is InChI=1S/C22H30NO2Si/c1-22(2,3)26(5,6)25-16-19-9-7-8-10-21(19)17-11-12-18(15-24-4)20(13-17)14-23/h7-14H,15-16H2,1-6H3/q-1. The molecule has 0 aliphatic carbocycles. The Bertz CT molecular complexity index is 763. The van der Waals surface area contributed by atoms with Crippen molar-refractivity contribution in [2.24, 2.45) is 0 Å². The highest BCUT2D eigenvalue weighted by Crippen LogP contribution is 2.37. The molecule has 0 heterocycles. The number of methoxy groups -OCH3 is 1. The third kappa shape index (κ3) is 4.70. The number of hydrogen-bond donors (Lipinski definition) is 0. The Morgan fingerprint density at radius 1 is 1.00 bits per heavy atom. The van der Waals surface area contributed by atoms with Gasteiger partial charge in [-0.1, -0.05) is 57.2 Å². The lowest BCUT2D eigenvalue weighted by Gasteiger charge is -2.36. The van der Waals surface area contributed by atoms with Gasteiger partial charge < -0.3 is 14.6 Å². The molecule has 0 N–H and O–H groups in total. The molecule has 140 valence electrons. The largest absolute Gasteiger partial charge is 0.810 e.